The van der Waals surface area contributed by atoms with Gasteiger partial charge in [-0.1, -0.05) is 49.3 Å². The van der Waals surface area contributed by atoms with E-state index in [0.29, 0.717) is 44.1 Å². The molecule has 7 nitrogen and oxygen atoms in total. The molecule has 1 fully saturated rings. The standard InChI is InChI=1S/C24H26N4O3/c1-16(2)19-14-20(31-27-19)23(29)28-11-9-24(10-12-28)21-18(8-13-30-24)15-25-22(26-21)17-6-4-3-5-7-17/h3-7,14-16H,8-13H2,1-2H3. The van der Waals surface area contributed by atoms with Gasteiger partial charge in [-0.05, 0) is 30.7 Å². The van der Waals surface area contributed by atoms with Gasteiger partial charge in [-0.25, -0.2) is 9.97 Å². The summed E-state index contributed by atoms with van der Waals surface area (Å²) < 4.78 is 11.6. The molecular weight excluding hydrogens is 392 g/mol. The van der Waals surface area contributed by atoms with E-state index in [9.17, 15) is 4.79 Å². The first kappa shape index (κ1) is 19.9. The Balaban J connectivity index is 1.37. The minimum Gasteiger partial charge on any atom is -0.368 e. The zero-order valence-electron chi connectivity index (χ0n) is 17.9. The number of benzene rings is 1. The lowest BCUT2D eigenvalue weighted by molar-refractivity contribution is -0.0969. The van der Waals surface area contributed by atoms with Gasteiger partial charge < -0.3 is 14.2 Å². The van der Waals surface area contributed by atoms with Gasteiger partial charge in [0, 0.05) is 30.9 Å². The highest BCUT2D eigenvalue weighted by molar-refractivity contribution is 5.91. The zero-order valence-corrected chi connectivity index (χ0v) is 17.9. The van der Waals surface area contributed by atoms with Crippen LogP contribution < -0.4 is 0 Å². The molecule has 7 heteroatoms. The van der Waals surface area contributed by atoms with E-state index in [0.717, 1.165) is 28.9 Å². The maximum atomic E-state index is 12.9. The molecule has 2 aromatic heterocycles. The third kappa shape index (κ3) is 3.63. The first-order valence-electron chi connectivity index (χ1n) is 10.9. The quantitative estimate of drug-likeness (QED) is 0.640. The number of aromatic nitrogens is 3. The molecule has 0 atom stereocenters. The summed E-state index contributed by atoms with van der Waals surface area (Å²) in [6, 6.07) is 11.7. The predicted molar refractivity (Wildman–Crippen MR) is 115 cm³/mol. The number of amides is 1. The number of piperidine rings is 1. The van der Waals surface area contributed by atoms with Crippen LogP contribution in [0.25, 0.3) is 11.4 Å². The van der Waals surface area contributed by atoms with Crippen LogP contribution in [-0.2, 0) is 16.8 Å². The third-order valence-corrected chi connectivity index (χ3v) is 6.27. The van der Waals surface area contributed by atoms with Crippen molar-refractivity contribution in [1.29, 1.82) is 0 Å². The molecule has 3 aromatic rings. The van der Waals surface area contributed by atoms with Crippen molar-refractivity contribution in [3.05, 3.63) is 65.3 Å². The van der Waals surface area contributed by atoms with E-state index in [-0.39, 0.29) is 11.8 Å². The monoisotopic (exact) mass is 418 g/mol. The second kappa shape index (κ2) is 7.89. The van der Waals surface area contributed by atoms with E-state index < -0.39 is 5.60 Å². The Bertz CT molecular complexity index is 1090. The average Bonchev–Trinajstić information content (AvgIpc) is 3.31. The fraction of sp³-hybridized carbons (Fsp3) is 0.417. The minimum absolute atomic E-state index is 0.113. The fourth-order valence-electron chi connectivity index (χ4n) is 4.40. The van der Waals surface area contributed by atoms with Crippen LogP contribution in [-0.4, -0.2) is 45.6 Å². The highest BCUT2D eigenvalue weighted by Crippen LogP contribution is 2.41. The Morgan fingerprint density at radius 1 is 1.16 bits per heavy atom. The van der Waals surface area contributed by atoms with Crippen molar-refractivity contribution in [3.8, 4) is 11.4 Å². The molecule has 160 valence electrons. The van der Waals surface area contributed by atoms with Crippen molar-refractivity contribution in [2.24, 2.45) is 0 Å². The van der Waals surface area contributed by atoms with Crippen molar-refractivity contribution in [2.45, 2.75) is 44.6 Å². The van der Waals surface area contributed by atoms with E-state index in [1.807, 2.05) is 55.3 Å². The van der Waals surface area contributed by atoms with Gasteiger partial charge in [-0.15, -0.1) is 0 Å². The average molecular weight is 418 g/mol. The lowest BCUT2D eigenvalue weighted by atomic mass is 9.83. The van der Waals surface area contributed by atoms with Crippen molar-refractivity contribution < 1.29 is 14.1 Å². The Kier molecular flexibility index (Phi) is 5.06. The minimum atomic E-state index is -0.471. The molecule has 0 unspecified atom stereocenters. The molecule has 1 spiro atoms. The highest BCUT2D eigenvalue weighted by atomic mass is 16.5. The van der Waals surface area contributed by atoms with Crippen molar-refractivity contribution in [2.75, 3.05) is 19.7 Å². The summed E-state index contributed by atoms with van der Waals surface area (Å²) in [6.07, 6.45) is 4.14. The normalized spacial score (nSPS) is 17.7. The van der Waals surface area contributed by atoms with Crippen LogP contribution in [0.5, 0.6) is 0 Å². The molecule has 31 heavy (non-hydrogen) atoms. The van der Waals surface area contributed by atoms with E-state index in [4.69, 9.17) is 14.2 Å². The second-order valence-corrected chi connectivity index (χ2v) is 8.59. The topological polar surface area (TPSA) is 81.4 Å². The molecule has 2 aliphatic rings. The first-order chi connectivity index (χ1) is 15.1. The lowest BCUT2D eigenvalue weighted by Gasteiger charge is -2.43. The van der Waals surface area contributed by atoms with Gasteiger partial charge in [-0.3, -0.25) is 4.79 Å². The largest absolute Gasteiger partial charge is 0.368 e. The van der Waals surface area contributed by atoms with Crippen LogP contribution in [0.2, 0.25) is 0 Å². The number of carbonyl (C=O) groups excluding carboxylic acids is 1. The van der Waals surface area contributed by atoms with Gasteiger partial charge in [0.05, 0.1) is 18.0 Å². The van der Waals surface area contributed by atoms with E-state index in [1.54, 1.807) is 6.07 Å². The number of ether oxygens (including phenoxy) is 1. The van der Waals surface area contributed by atoms with Gasteiger partial charge in [0.25, 0.3) is 5.91 Å². The highest BCUT2D eigenvalue weighted by Gasteiger charge is 2.43. The molecule has 4 heterocycles. The molecule has 0 bridgehead atoms. The van der Waals surface area contributed by atoms with Gasteiger partial charge in [0.2, 0.25) is 5.76 Å². The molecule has 1 aromatic carbocycles. The summed E-state index contributed by atoms with van der Waals surface area (Å²) in [5, 5.41) is 4.02. The van der Waals surface area contributed by atoms with Gasteiger partial charge in [-0.2, -0.15) is 0 Å². The van der Waals surface area contributed by atoms with Crippen LogP contribution in [0.1, 0.15) is 60.1 Å². The molecule has 0 N–H and O–H groups in total. The maximum absolute atomic E-state index is 12.9. The van der Waals surface area contributed by atoms with Gasteiger partial charge >= 0.3 is 0 Å². The number of carbonyl (C=O) groups is 1. The van der Waals surface area contributed by atoms with Crippen molar-refractivity contribution in [3.63, 3.8) is 0 Å². The smallest absolute Gasteiger partial charge is 0.292 e. The van der Waals surface area contributed by atoms with Crippen LogP contribution in [0.15, 0.2) is 47.1 Å². The summed E-state index contributed by atoms with van der Waals surface area (Å²) in [5.74, 6) is 1.13. The Morgan fingerprint density at radius 3 is 2.65 bits per heavy atom. The summed E-state index contributed by atoms with van der Waals surface area (Å²) >= 11 is 0. The van der Waals surface area contributed by atoms with E-state index in [2.05, 4.69) is 10.1 Å². The third-order valence-electron chi connectivity index (χ3n) is 6.27. The van der Waals surface area contributed by atoms with Crippen LogP contribution in [0, 0.1) is 0 Å². The Morgan fingerprint density at radius 2 is 1.94 bits per heavy atom. The molecule has 1 amide bonds. The molecular formula is C24H26N4O3. The molecule has 0 radical (unpaired) electrons. The van der Waals surface area contributed by atoms with Crippen molar-refractivity contribution >= 4 is 5.91 Å². The number of hydrogen-bond acceptors (Lipinski definition) is 6. The Hall–Kier alpha value is -3.06. The molecule has 1 saturated heterocycles. The predicted octanol–water partition coefficient (Wildman–Crippen LogP) is 3.96. The van der Waals surface area contributed by atoms with Crippen LogP contribution in [0.3, 0.4) is 0 Å². The SMILES string of the molecule is CC(C)c1cc(C(=O)N2CCC3(CC2)OCCc2cnc(-c4ccccc4)nc23)on1. The summed E-state index contributed by atoms with van der Waals surface area (Å²) in [7, 11) is 0. The second-order valence-electron chi connectivity index (χ2n) is 8.59. The maximum Gasteiger partial charge on any atom is 0.292 e. The van der Waals surface area contributed by atoms with Crippen molar-refractivity contribution in [1.82, 2.24) is 20.0 Å². The van der Waals surface area contributed by atoms with Gasteiger partial charge in [0.1, 0.15) is 5.60 Å². The summed E-state index contributed by atoms with van der Waals surface area (Å²) in [4.78, 5) is 24.3. The number of hydrogen-bond donors (Lipinski definition) is 0. The molecule has 2 aliphatic heterocycles. The number of nitrogens with zero attached hydrogens (tertiary/aromatic N) is 4. The lowest BCUT2D eigenvalue weighted by Crippen LogP contribution is -2.48. The molecule has 5 rings (SSSR count). The van der Waals surface area contributed by atoms with Crippen LogP contribution >= 0.6 is 0 Å². The molecule has 0 saturated carbocycles. The number of fused-ring (bicyclic) bond motifs is 2. The summed E-state index contributed by atoms with van der Waals surface area (Å²) in [5.41, 5.74) is 3.43. The summed E-state index contributed by atoms with van der Waals surface area (Å²) in [6.45, 7) is 5.87. The van der Waals surface area contributed by atoms with E-state index >= 15 is 0 Å². The number of likely N-dealkylation sites (tertiary alicyclic amines) is 1. The zero-order chi connectivity index (χ0) is 21.4. The fourth-order valence-corrected chi connectivity index (χ4v) is 4.40. The first-order valence-corrected chi connectivity index (χ1v) is 10.9. The van der Waals surface area contributed by atoms with Gasteiger partial charge in [0.15, 0.2) is 5.82 Å². The number of rotatable bonds is 3. The van der Waals surface area contributed by atoms with E-state index in [1.165, 1.54) is 0 Å². The van der Waals surface area contributed by atoms with Crippen LogP contribution in [0.4, 0.5) is 0 Å². The molecule has 0 aliphatic carbocycles. The Labute approximate surface area is 181 Å².